The first-order valence-corrected chi connectivity index (χ1v) is 8.55. The molecule has 0 saturated heterocycles. The molecular formula is C19H16ClFN2O3. The van der Waals surface area contributed by atoms with Gasteiger partial charge in [-0.25, -0.2) is 4.39 Å². The maximum atomic E-state index is 13.4. The first-order valence-electron chi connectivity index (χ1n) is 8.17. The molecule has 7 heteroatoms. The van der Waals surface area contributed by atoms with Crippen LogP contribution < -0.4 is 0 Å². The Morgan fingerprint density at radius 1 is 1.19 bits per heavy atom. The minimum absolute atomic E-state index is 0.121. The van der Waals surface area contributed by atoms with E-state index in [0.29, 0.717) is 30.8 Å². The summed E-state index contributed by atoms with van der Waals surface area (Å²) in [6.45, 7) is 1.94. The van der Waals surface area contributed by atoms with Crippen LogP contribution in [0.5, 0.6) is 11.5 Å². The molecule has 1 aromatic heterocycles. The molecule has 0 bridgehead atoms. The van der Waals surface area contributed by atoms with Crippen molar-refractivity contribution >= 4 is 11.6 Å². The maximum absolute atomic E-state index is 13.4. The summed E-state index contributed by atoms with van der Waals surface area (Å²) < 4.78 is 18.9. The van der Waals surface area contributed by atoms with Crippen LogP contribution in [-0.2, 0) is 19.5 Å². The van der Waals surface area contributed by atoms with Gasteiger partial charge in [0.25, 0.3) is 0 Å². The van der Waals surface area contributed by atoms with Crippen molar-refractivity contribution in [1.29, 1.82) is 0 Å². The average molecular weight is 375 g/mol. The van der Waals surface area contributed by atoms with Crippen molar-refractivity contribution in [2.24, 2.45) is 0 Å². The maximum Gasteiger partial charge on any atom is 0.175 e. The van der Waals surface area contributed by atoms with Gasteiger partial charge in [0.2, 0.25) is 0 Å². The van der Waals surface area contributed by atoms with Gasteiger partial charge in [-0.1, -0.05) is 28.9 Å². The number of hydrogen-bond donors (Lipinski definition) is 2. The molecule has 0 saturated carbocycles. The van der Waals surface area contributed by atoms with Gasteiger partial charge < -0.3 is 14.7 Å². The van der Waals surface area contributed by atoms with Crippen molar-refractivity contribution < 1.29 is 19.1 Å². The third-order valence-electron chi connectivity index (χ3n) is 4.52. The highest BCUT2D eigenvalue weighted by Gasteiger charge is 2.26. The third-order valence-corrected chi connectivity index (χ3v) is 4.82. The molecule has 5 nitrogen and oxygen atoms in total. The summed E-state index contributed by atoms with van der Waals surface area (Å²) in [6.07, 6.45) is 0.695. The van der Waals surface area contributed by atoms with Gasteiger partial charge in [0.15, 0.2) is 5.76 Å². The minimum atomic E-state index is -0.255. The van der Waals surface area contributed by atoms with Crippen molar-refractivity contribution in [3.05, 3.63) is 64.1 Å². The molecule has 0 amide bonds. The third kappa shape index (κ3) is 3.13. The van der Waals surface area contributed by atoms with Crippen molar-refractivity contribution in [3.8, 4) is 22.8 Å². The van der Waals surface area contributed by atoms with Crippen molar-refractivity contribution in [2.45, 2.75) is 19.5 Å². The average Bonchev–Trinajstić information content (AvgIpc) is 3.01. The van der Waals surface area contributed by atoms with Crippen LogP contribution in [-0.4, -0.2) is 26.8 Å². The topological polar surface area (TPSA) is 69.7 Å². The Kier molecular flexibility index (Phi) is 4.30. The van der Waals surface area contributed by atoms with E-state index >= 15 is 0 Å². The number of nitrogens with zero attached hydrogens (tertiary/aromatic N) is 2. The molecule has 4 rings (SSSR count). The zero-order valence-electron chi connectivity index (χ0n) is 13.7. The number of halogens is 2. The molecule has 0 unspecified atom stereocenters. The van der Waals surface area contributed by atoms with Gasteiger partial charge in [0.05, 0.1) is 16.3 Å². The molecule has 1 aliphatic rings. The second kappa shape index (κ2) is 6.63. The van der Waals surface area contributed by atoms with E-state index in [2.05, 4.69) is 10.1 Å². The Labute approximate surface area is 154 Å². The molecule has 1 aliphatic heterocycles. The quantitative estimate of drug-likeness (QED) is 0.722. The molecule has 0 fully saturated rings. The first-order chi connectivity index (χ1) is 12.5. The molecule has 2 heterocycles. The van der Waals surface area contributed by atoms with Crippen molar-refractivity contribution in [3.63, 3.8) is 0 Å². The second-order valence-electron chi connectivity index (χ2n) is 6.35. The molecule has 0 atom stereocenters. The standard InChI is InChI=1S/C19H16ClFN2O3/c20-15-7-13(17(24)8-18(15)25)19-14-10-23(5-4-16(14)22-26-19)9-11-2-1-3-12(21)6-11/h1-3,6-8,24-25H,4-5,9-10H2. The zero-order chi connectivity index (χ0) is 18.3. The number of phenols is 2. The summed E-state index contributed by atoms with van der Waals surface area (Å²) >= 11 is 5.97. The summed E-state index contributed by atoms with van der Waals surface area (Å²) in [4.78, 5) is 2.16. The van der Waals surface area contributed by atoms with Crippen molar-refractivity contribution in [1.82, 2.24) is 10.1 Å². The number of aromatic nitrogens is 1. The molecule has 0 aliphatic carbocycles. The van der Waals surface area contributed by atoms with Gasteiger partial charge in [-0.15, -0.1) is 0 Å². The van der Waals surface area contributed by atoms with Gasteiger partial charge in [0.1, 0.15) is 17.3 Å². The molecule has 2 N–H and O–H groups in total. The highest BCUT2D eigenvalue weighted by Crippen LogP contribution is 2.40. The van der Waals surface area contributed by atoms with Crippen LogP contribution in [0.3, 0.4) is 0 Å². The fraction of sp³-hybridized carbons (Fsp3) is 0.211. The molecule has 0 spiro atoms. The fourth-order valence-electron chi connectivity index (χ4n) is 3.24. The van der Waals surface area contributed by atoms with Crippen molar-refractivity contribution in [2.75, 3.05) is 6.54 Å². The van der Waals surface area contributed by atoms with Crippen LogP contribution in [0.2, 0.25) is 5.02 Å². The lowest BCUT2D eigenvalue weighted by atomic mass is 10.0. The lowest BCUT2D eigenvalue weighted by Gasteiger charge is -2.26. The lowest BCUT2D eigenvalue weighted by molar-refractivity contribution is 0.244. The van der Waals surface area contributed by atoms with E-state index in [-0.39, 0.29) is 22.3 Å². The Hall–Kier alpha value is -2.57. The number of aromatic hydroxyl groups is 2. The monoisotopic (exact) mass is 374 g/mol. The zero-order valence-corrected chi connectivity index (χ0v) is 14.5. The fourth-order valence-corrected chi connectivity index (χ4v) is 3.40. The Morgan fingerprint density at radius 2 is 2.04 bits per heavy atom. The minimum Gasteiger partial charge on any atom is -0.507 e. The van der Waals surface area contributed by atoms with E-state index in [4.69, 9.17) is 16.1 Å². The highest BCUT2D eigenvalue weighted by atomic mass is 35.5. The largest absolute Gasteiger partial charge is 0.507 e. The second-order valence-corrected chi connectivity index (χ2v) is 6.76. The van der Waals surface area contributed by atoms with Crippen LogP contribution in [0.15, 0.2) is 40.9 Å². The highest BCUT2D eigenvalue weighted by molar-refractivity contribution is 6.32. The van der Waals surface area contributed by atoms with Gasteiger partial charge in [-0.3, -0.25) is 4.90 Å². The molecule has 26 heavy (non-hydrogen) atoms. The Balaban J connectivity index is 1.63. The summed E-state index contributed by atoms with van der Waals surface area (Å²) in [7, 11) is 0. The first kappa shape index (κ1) is 16.9. The van der Waals surface area contributed by atoms with E-state index in [1.807, 2.05) is 6.07 Å². The molecule has 3 aromatic rings. The van der Waals surface area contributed by atoms with Crippen LogP contribution in [0.25, 0.3) is 11.3 Å². The van der Waals surface area contributed by atoms with Gasteiger partial charge in [-0.2, -0.15) is 0 Å². The number of phenolic OH excluding ortho intramolecular Hbond substituents is 2. The summed E-state index contributed by atoms with van der Waals surface area (Å²) in [6, 6.07) is 9.17. The normalized spacial score (nSPS) is 14.4. The van der Waals surface area contributed by atoms with E-state index in [1.165, 1.54) is 24.3 Å². The van der Waals surface area contributed by atoms with E-state index in [9.17, 15) is 14.6 Å². The van der Waals surface area contributed by atoms with Crippen LogP contribution in [0.4, 0.5) is 4.39 Å². The predicted octanol–water partition coefficient (Wildman–Crippen LogP) is 4.10. The van der Waals surface area contributed by atoms with Gasteiger partial charge >= 0.3 is 0 Å². The summed E-state index contributed by atoms with van der Waals surface area (Å²) in [5.74, 6) is -0.153. The Morgan fingerprint density at radius 3 is 2.85 bits per heavy atom. The number of rotatable bonds is 3. The van der Waals surface area contributed by atoms with Gasteiger partial charge in [-0.05, 0) is 23.8 Å². The summed E-state index contributed by atoms with van der Waals surface area (Å²) in [5.41, 5.74) is 2.97. The van der Waals surface area contributed by atoms with Crippen LogP contribution in [0.1, 0.15) is 16.8 Å². The van der Waals surface area contributed by atoms with E-state index in [1.54, 1.807) is 6.07 Å². The number of benzene rings is 2. The number of fused-ring (bicyclic) bond motifs is 1. The van der Waals surface area contributed by atoms with E-state index < -0.39 is 0 Å². The Bertz CT molecular complexity index is 973. The van der Waals surface area contributed by atoms with Crippen LogP contribution >= 0.6 is 11.6 Å². The van der Waals surface area contributed by atoms with E-state index in [0.717, 1.165) is 23.4 Å². The summed E-state index contributed by atoms with van der Waals surface area (Å²) in [5, 5.41) is 24.0. The smallest absolute Gasteiger partial charge is 0.175 e. The van der Waals surface area contributed by atoms with Gasteiger partial charge in [0, 0.05) is 37.7 Å². The lowest BCUT2D eigenvalue weighted by Crippen LogP contribution is -2.30. The number of hydrogen-bond acceptors (Lipinski definition) is 5. The molecular weight excluding hydrogens is 359 g/mol. The predicted molar refractivity (Wildman–Crippen MR) is 94.5 cm³/mol. The molecule has 134 valence electrons. The van der Waals surface area contributed by atoms with Crippen LogP contribution in [0, 0.1) is 5.82 Å². The molecule has 2 aromatic carbocycles. The molecule has 0 radical (unpaired) electrons. The SMILES string of the molecule is Oc1cc(O)c(-c2onc3c2CN(Cc2cccc(F)c2)CC3)cc1Cl.